The van der Waals surface area contributed by atoms with Crippen molar-refractivity contribution >= 4 is 62.5 Å². The van der Waals surface area contributed by atoms with E-state index in [4.69, 9.17) is 27.9 Å². The minimum Gasteiger partial charge on any atom is -0.467 e. The first kappa shape index (κ1) is 32.2. The number of carbonyl (C=O) groups is 3. The van der Waals surface area contributed by atoms with Gasteiger partial charge >= 0.3 is 12.0 Å². The number of benzene rings is 2. The molecule has 0 radical (unpaired) electrons. The average molecular weight is 650 g/mol. The molecular formula is C28H30Cl2N6O6S. The predicted octanol–water partition coefficient (Wildman–Crippen LogP) is 3.48. The third-order valence-electron chi connectivity index (χ3n) is 6.74. The summed E-state index contributed by atoms with van der Waals surface area (Å²) < 4.78 is 32.9. The zero-order chi connectivity index (χ0) is 31.1. The summed E-state index contributed by atoms with van der Waals surface area (Å²) in [6.45, 7) is 1.85. The number of urea groups is 1. The van der Waals surface area contributed by atoms with Crippen LogP contribution in [0.5, 0.6) is 0 Å². The van der Waals surface area contributed by atoms with E-state index in [0.29, 0.717) is 37.4 Å². The van der Waals surface area contributed by atoms with E-state index in [9.17, 15) is 22.8 Å². The SMILES string of the molecule is COC(=O)C(Cc1ccc(NC(=O)c2c(Cl)cncc2Cl)cc1)NC(=O)Nc1ccccc1S(=O)(=O)N1CCN(C)CC1. The van der Waals surface area contributed by atoms with Crippen LogP contribution in [0.25, 0.3) is 0 Å². The van der Waals surface area contributed by atoms with E-state index in [1.807, 2.05) is 11.9 Å². The van der Waals surface area contributed by atoms with Crippen molar-refractivity contribution in [2.24, 2.45) is 0 Å². The Morgan fingerprint density at radius 2 is 1.58 bits per heavy atom. The van der Waals surface area contributed by atoms with Gasteiger partial charge in [0, 0.05) is 50.7 Å². The minimum absolute atomic E-state index is 0.0451. The Labute approximate surface area is 259 Å². The molecular weight excluding hydrogens is 619 g/mol. The van der Waals surface area contributed by atoms with E-state index >= 15 is 0 Å². The fraction of sp³-hybridized carbons (Fsp3) is 0.286. The number of anilines is 2. The summed E-state index contributed by atoms with van der Waals surface area (Å²) in [7, 11) is -0.754. The normalized spacial score (nSPS) is 14.9. The molecule has 0 spiro atoms. The number of aromatic nitrogens is 1. The first-order valence-electron chi connectivity index (χ1n) is 13.1. The van der Waals surface area contributed by atoms with Crippen LogP contribution in [0, 0.1) is 0 Å². The van der Waals surface area contributed by atoms with Gasteiger partial charge in [-0.15, -0.1) is 0 Å². The highest BCUT2D eigenvalue weighted by Crippen LogP contribution is 2.26. The highest BCUT2D eigenvalue weighted by Gasteiger charge is 2.30. The number of halogens is 2. The van der Waals surface area contributed by atoms with Gasteiger partial charge in [-0.3, -0.25) is 9.78 Å². The number of amides is 3. The van der Waals surface area contributed by atoms with E-state index in [2.05, 4.69) is 20.9 Å². The number of hydrogen-bond donors (Lipinski definition) is 3. The smallest absolute Gasteiger partial charge is 0.328 e. The number of nitrogens with zero attached hydrogens (tertiary/aromatic N) is 3. The number of esters is 1. The van der Waals surface area contributed by atoms with Gasteiger partial charge < -0.3 is 25.6 Å². The summed E-state index contributed by atoms with van der Waals surface area (Å²) in [5.74, 6) is -1.22. The van der Waals surface area contributed by atoms with Crippen LogP contribution in [0.2, 0.25) is 10.0 Å². The van der Waals surface area contributed by atoms with Gasteiger partial charge in [0.15, 0.2) is 0 Å². The summed E-state index contributed by atoms with van der Waals surface area (Å²) in [4.78, 5) is 44.0. The molecule has 1 saturated heterocycles. The second kappa shape index (κ2) is 14.1. The van der Waals surface area contributed by atoms with Gasteiger partial charge in [-0.25, -0.2) is 18.0 Å². The molecule has 2 aromatic carbocycles. The summed E-state index contributed by atoms with van der Waals surface area (Å²) in [6.07, 6.45) is 2.68. The molecule has 1 atom stereocenters. The van der Waals surface area contributed by atoms with Gasteiger partial charge in [-0.05, 0) is 36.9 Å². The molecule has 1 unspecified atom stereocenters. The van der Waals surface area contributed by atoms with Gasteiger partial charge in [0.2, 0.25) is 10.0 Å². The largest absolute Gasteiger partial charge is 0.467 e. The van der Waals surface area contributed by atoms with Crippen LogP contribution in [-0.4, -0.2) is 86.9 Å². The third-order valence-corrected chi connectivity index (χ3v) is 9.27. The van der Waals surface area contributed by atoms with Crippen molar-refractivity contribution in [1.82, 2.24) is 19.5 Å². The number of nitrogens with one attached hydrogen (secondary N) is 3. The summed E-state index contributed by atoms with van der Waals surface area (Å²) >= 11 is 12.1. The van der Waals surface area contributed by atoms with E-state index < -0.39 is 34.0 Å². The number of ether oxygens (including phenoxy) is 1. The van der Waals surface area contributed by atoms with Crippen molar-refractivity contribution in [1.29, 1.82) is 0 Å². The lowest BCUT2D eigenvalue weighted by molar-refractivity contribution is -0.142. The summed E-state index contributed by atoms with van der Waals surface area (Å²) in [5, 5.41) is 8.03. The molecule has 12 nitrogen and oxygen atoms in total. The lowest BCUT2D eigenvalue weighted by Crippen LogP contribution is -2.47. The van der Waals surface area contributed by atoms with Crippen LogP contribution in [-0.2, 0) is 26.0 Å². The minimum atomic E-state index is -3.87. The molecule has 4 rings (SSSR count). The molecule has 2 heterocycles. The van der Waals surface area contributed by atoms with Gasteiger partial charge in [0.1, 0.15) is 10.9 Å². The number of methoxy groups -OCH3 is 1. The lowest BCUT2D eigenvalue weighted by atomic mass is 10.1. The Bertz CT molecular complexity index is 1580. The predicted molar refractivity (Wildman–Crippen MR) is 163 cm³/mol. The maximum Gasteiger partial charge on any atom is 0.328 e. The number of hydrogen-bond acceptors (Lipinski definition) is 8. The molecule has 1 fully saturated rings. The fourth-order valence-electron chi connectivity index (χ4n) is 4.40. The molecule has 3 N–H and O–H groups in total. The molecule has 0 bridgehead atoms. The van der Waals surface area contributed by atoms with Crippen LogP contribution in [0.4, 0.5) is 16.2 Å². The Morgan fingerprint density at radius 1 is 0.953 bits per heavy atom. The maximum absolute atomic E-state index is 13.3. The lowest BCUT2D eigenvalue weighted by Gasteiger charge is -2.32. The first-order valence-corrected chi connectivity index (χ1v) is 15.3. The fourth-order valence-corrected chi connectivity index (χ4v) is 6.50. The highest BCUT2D eigenvalue weighted by atomic mass is 35.5. The number of sulfonamides is 1. The molecule has 0 saturated carbocycles. The van der Waals surface area contributed by atoms with E-state index in [1.165, 1.54) is 35.9 Å². The van der Waals surface area contributed by atoms with Crippen LogP contribution < -0.4 is 16.0 Å². The second-order valence-electron chi connectivity index (χ2n) is 9.71. The van der Waals surface area contributed by atoms with Crippen molar-refractivity contribution in [2.75, 3.05) is 51.0 Å². The van der Waals surface area contributed by atoms with Crippen molar-refractivity contribution in [3.63, 3.8) is 0 Å². The summed E-state index contributed by atoms with van der Waals surface area (Å²) in [6, 6.07) is 10.8. The summed E-state index contributed by atoms with van der Waals surface area (Å²) in [5.41, 5.74) is 1.25. The number of piperazine rings is 1. The second-order valence-corrected chi connectivity index (χ2v) is 12.4. The molecule has 0 aliphatic carbocycles. The monoisotopic (exact) mass is 648 g/mol. The molecule has 15 heteroatoms. The van der Waals surface area contributed by atoms with E-state index in [-0.39, 0.29) is 32.6 Å². The third kappa shape index (κ3) is 8.00. The Morgan fingerprint density at radius 3 is 2.21 bits per heavy atom. The number of para-hydroxylation sites is 1. The Kier molecular flexibility index (Phi) is 10.6. The van der Waals surface area contributed by atoms with E-state index in [0.717, 1.165) is 0 Å². The maximum atomic E-state index is 13.3. The van der Waals surface area contributed by atoms with Crippen LogP contribution in [0.3, 0.4) is 0 Å². The number of pyridine rings is 1. The van der Waals surface area contributed by atoms with Gasteiger partial charge in [0.05, 0.1) is 28.4 Å². The molecule has 1 aliphatic rings. The van der Waals surface area contributed by atoms with Crippen molar-refractivity contribution in [3.8, 4) is 0 Å². The number of likely N-dealkylation sites (N-methyl/N-ethyl adjacent to an activating group) is 1. The highest BCUT2D eigenvalue weighted by molar-refractivity contribution is 7.89. The number of rotatable bonds is 9. The quantitative estimate of drug-likeness (QED) is 0.299. The standard InChI is InChI=1S/C28H30Cl2N6O6S/c1-35-11-13-36(14-12-35)43(40,41)24-6-4-3-5-22(24)33-28(39)34-23(27(38)42-2)15-18-7-9-19(10-8-18)32-26(37)25-20(29)16-31-17-21(25)30/h3-10,16-17,23H,11-15H2,1-2H3,(H,32,37)(H2,33,34,39). The van der Waals surface area contributed by atoms with Crippen molar-refractivity contribution < 1.29 is 27.5 Å². The first-order chi connectivity index (χ1) is 20.5. The van der Waals surface area contributed by atoms with Gasteiger partial charge in [0.25, 0.3) is 5.91 Å². The molecule has 228 valence electrons. The Balaban J connectivity index is 1.43. The van der Waals surface area contributed by atoms with E-state index in [1.54, 1.807) is 36.4 Å². The Hall–Kier alpha value is -3.75. The van der Waals surface area contributed by atoms with Crippen LogP contribution in [0.15, 0.2) is 65.8 Å². The average Bonchev–Trinajstić information content (AvgIpc) is 2.97. The molecule has 3 aromatic rings. The van der Waals surface area contributed by atoms with Crippen LogP contribution in [0.1, 0.15) is 15.9 Å². The van der Waals surface area contributed by atoms with Crippen molar-refractivity contribution in [3.05, 3.63) is 82.1 Å². The zero-order valence-electron chi connectivity index (χ0n) is 23.3. The van der Waals surface area contributed by atoms with Crippen molar-refractivity contribution in [2.45, 2.75) is 17.4 Å². The van der Waals surface area contributed by atoms with Crippen LogP contribution >= 0.6 is 23.2 Å². The molecule has 1 aliphatic heterocycles. The molecule has 1 aromatic heterocycles. The molecule has 43 heavy (non-hydrogen) atoms. The van der Waals surface area contributed by atoms with Gasteiger partial charge in [-0.2, -0.15) is 4.31 Å². The number of carbonyl (C=O) groups excluding carboxylic acids is 3. The molecule has 3 amide bonds. The topological polar surface area (TPSA) is 150 Å². The zero-order valence-corrected chi connectivity index (χ0v) is 25.7. The van der Waals surface area contributed by atoms with Gasteiger partial charge in [-0.1, -0.05) is 47.5 Å².